The van der Waals surface area contributed by atoms with Gasteiger partial charge in [0.1, 0.15) is 0 Å². The fourth-order valence-corrected chi connectivity index (χ4v) is 2.03. The molecule has 1 heterocycles. The van der Waals surface area contributed by atoms with Crippen molar-refractivity contribution in [3.8, 4) is 0 Å². The number of nitrogens with one attached hydrogen (secondary N) is 2. The highest BCUT2D eigenvalue weighted by atomic mass is 35.5. The van der Waals surface area contributed by atoms with Gasteiger partial charge in [-0.25, -0.2) is 0 Å². The Morgan fingerprint density at radius 2 is 0.968 bits per heavy atom. The van der Waals surface area contributed by atoms with Crippen LogP contribution in [0, 0.1) is 10.8 Å². The van der Waals surface area contributed by atoms with E-state index in [1.54, 1.807) is 0 Å². The van der Waals surface area contributed by atoms with Crippen LogP contribution in [0.15, 0.2) is 0 Å². The van der Waals surface area contributed by atoms with Gasteiger partial charge < -0.3 is 20.4 Å². The summed E-state index contributed by atoms with van der Waals surface area (Å²) < 4.78 is 0. The highest BCUT2D eigenvalue weighted by Gasteiger charge is 2.35. The zero-order valence-electron chi connectivity index (χ0n) is 22.0. The summed E-state index contributed by atoms with van der Waals surface area (Å²) in [5.41, 5.74) is -0.306. The monoisotopic (exact) mass is 479 g/mol. The van der Waals surface area contributed by atoms with E-state index in [4.69, 9.17) is 15.0 Å². The van der Waals surface area contributed by atoms with Crippen LogP contribution in [0.4, 0.5) is 17.8 Å². The van der Waals surface area contributed by atoms with Crippen LogP contribution in [-0.2, 0) is 0 Å². The second-order valence-corrected chi connectivity index (χ2v) is 11.5. The summed E-state index contributed by atoms with van der Waals surface area (Å²) in [6, 6.07) is 0. The molecule has 1 rings (SSSR count). The highest BCUT2D eigenvalue weighted by Crippen LogP contribution is 2.34. The molecule has 0 aromatic carbocycles. The van der Waals surface area contributed by atoms with E-state index in [1.165, 1.54) is 0 Å². The van der Waals surface area contributed by atoms with Crippen LogP contribution in [0.25, 0.3) is 0 Å². The average Bonchev–Trinajstić information content (AvgIpc) is 2.49. The highest BCUT2D eigenvalue weighted by molar-refractivity contribution is 5.85. The van der Waals surface area contributed by atoms with Crippen molar-refractivity contribution in [3.05, 3.63) is 0 Å². The second kappa shape index (κ2) is 11.2. The minimum absolute atomic E-state index is 0. The third-order valence-electron chi connectivity index (χ3n) is 6.45. The van der Waals surface area contributed by atoms with Gasteiger partial charge in [0.2, 0.25) is 17.8 Å². The predicted molar refractivity (Wildman–Crippen MR) is 140 cm³/mol. The van der Waals surface area contributed by atoms with Crippen LogP contribution in [-0.4, -0.2) is 65.2 Å². The molecule has 0 aliphatic carbocycles. The Balaban J connectivity index is 0. The van der Waals surface area contributed by atoms with Gasteiger partial charge in [-0.15, -0.1) is 24.8 Å². The maximum Gasteiger partial charge on any atom is 0.231 e. The van der Waals surface area contributed by atoms with Gasteiger partial charge in [-0.1, -0.05) is 41.5 Å². The van der Waals surface area contributed by atoms with Gasteiger partial charge in [0.15, 0.2) is 0 Å². The van der Waals surface area contributed by atoms with Gasteiger partial charge in [-0.2, -0.15) is 15.0 Å². The standard InChI is InChI=1S/C22H45N7.2ClH/c1-19(2,3)21(7,8)26-16-23-17(27-22(9,10)20(4,5)6)25-18(24-16)29(13)15-14-28(11)12;;/h14-15H2,1-13H3,(H2,23,24,25,26,27);2*1H. The quantitative estimate of drug-likeness (QED) is 0.531. The Labute approximate surface area is 203 Å². The van der Waals surface area contributed by atoms with Gasteiger partial charge in [-0.3, -0.25) is 0 Å². The maximum absolute atomic E-state index is 4.74. The predicted octanol–water partition coefficient (Wildman–Crippen LogP) is 5.19. The fourth-order valence-electron chi connectivity index (χ4n) is 2.03. The summed E-state index contributed by atoms with van der Waals surface area (Å²) >= 11 is 0. The number of nitrogens with zero attached hydrogens (tertiary/aromatic N) is 5. The zero-order valence-corrected chi connectivity index (χ0v) is 23.6. The van der Waals surface area contributed by atoms with E-state index in [2.05, 4.69) is 104 Å². The molecule has 184 valence electrons. The third-order valence-corrected chi connectivity index (χ3v) is 6.45. The lowest BCUT2D eigenvalue weighted by atomic mass is 9.76. The van der Waals surface area contributed by atoms with Crippen molar-refractivity contribution in [3.63, 3.8) is 0 Å². The van der Waals surface area contributed by atoms with Gasteiger partial charge in [-0.05, 0) is 52.6 Å². The molecule has 0 aliphatic rings. The third kappa shape index (κ3) is 9.15. The van der Waals surface area contributed by atoms with Crippen LogP contribution in [0.3, 0.4) is 0 Å². The number of hydrogen-bond donors (Lipinski definition) is 2. The SMILES string of the molecule is CN(C)CCN(C)c1nc(NC(C)(C)C(C)(C)C)nc(NC(C)(C)C(C)(C)C)n1.Cl.Cl. The van der Waals surface area contributed by atoms with Crippen LogP contribution in [0.1, 0.15) is 69.2 Å². The number of aromatic nitrogens is 3. The van der Waals surface area contributed by atoms with E-state index in [1.807, 2.05) is 7.05 Å². The topological polar surface area (TPSA) is 69.2 Å². The van der Waals surface area contributed by atoms with Crippen molar-refractivity contribution in [1.82, 2.24) is 19.9 Å². The van der Waals surface area contributed by atoms with Crippen molar-refractivity contribution in [1.29, 1.82) is 0 Å². The number of anilines is 3. The molecule has 0 radical (unpaired) electrons. The van der Waals surface area contributed by atoms with E-state index >= 15 is 0 Å². The lowest BCUT2D eigenvalue weighted by Gasteiger charge is -2.40. The Morgan fingerprint density at radius 1 is 0.613 bits per heavy atom. The molecule has 9 heteroatoms. The number of likely N-dealkylation sites (N-methyl/N-ethyl adjacent to an activating group) is 2. The van der Waals surface area contributed by atoms with Crippen LogP contribution >= 0.6 is 24.8 Å². The Kier molecular flexibility index (Phi) is 11.6. The molecule has 0 saturated carbocycles. The molecule has 7 nitrogen and oxygen atoms in total. The first-order valence-corrected chi connectivity index (χ1v) is 10.5. The molecule has 0 spiro atoms. The summed E-state index contributed by atoms with van der Waals surface area (Å²) in [7, 11) is 6.16. The molecule has 1 aromatic heterocycles. The van der Waals surface area contributed by atoms with Crippen molar-refractivity contribution >= 4 is 42.7 Å². The normalized spacial score (nSPS) is 12.7. The first kappa shape index (κ1) is 32.1. The lowest BCUT2D eigenvalue weighted by molar-refractivity contribution is 0.251. The largest absolute Gasteiger partial charge is 0.349 e. The summed E-state index contributed by atoms with van der Waals surface area (Å²) in [5, 5.41) is 7.09. The first-order chi connectivity index (χ1) is 12.9. The first-order valence-electron chi connectivity index (χ1n) is 10.5. The Hall–Kier alpha value is -1.05. The van der Waals surface area contributed by atoms with E-state index in [0.29, 0.717) is 17.8 Å². The molecule has 2 N–H and O–H groups in total. The summed E-state index contributed by atoms with van der Waals surface area (Å²) in [6.45, 7) is 23.8. The summed E-state index contributed by atoms with van der Waals surface area (Å²) in [4.78, 5) is 18.4. The molecule has 0 bridgehead atoms. The molecule has 0 aliphatic heterocycles. The van der Waals surface area contributed by atoms with Gasteiger partial charge >= 0.3 is 0 Å². The molecule has 1 aromatic rings. The number of hydrogen-bond acceptors (Lipinski definition) is 7. The zero-order chi connectivity index (χ0) is 22.8. The van der Waals surface area contributed by atoms with Crippen molar-refractivity contribution in [2.45, 2.75) is 80.3 Å². The molecule has 0 saturated heterocycles. The molecule has 0 fully saturated rings. The van der Waals surface area contributed by atoms with Crippen LogP contribution in [0.2, 0.25) is 0 Å². The second-order valence-electron chi connectivity index (χ2n) is 11.5. The fraction of sp³-hybridized carbons (Fsp3) is 0.864. The average molecular weight is 481 g/mol. The van der Waals surface area contributed by atoms with E-state index < -0.39 is 0 Å². The summed E-state index contributed by atoms with van der Waals surface area (Å²) in [5.74, 6) is 1.86. The van der Waals surface area contributed by atoms with Gasteiger partial charge in [0, 0.05) is 31.2 Å². The molecule has 0 atom stereocenters. The van der Waals surface area contributed by atoms with Crippen molar-refractivity contribution in [2.75, 3.05) is 49.8 Å². The van der Waals surface area contributed by atoms with Crippen molar-refractivity contribution < 1.29 is 0 Å². The minimum Gasteiger partial charge on any atom is -0.349 e. The van der Waals surface area contributed by atoms with E-state index in [9.17, 15) is 0 Å². The minimum atomic E-state index is -0.190. The van der Waals surface area contributed by atoms with Gasteiger partial charge in [0.25, 0.3) is 0 Å². The molecule has 0 amide bonds. The maximum atomic E-state index is 4.74. The molecule has 31 heavy (non-hydrogen) atoms. The number of halogens is 2. The van der Waals surface area contributed by atoms with Crippen molar-refractivity contribution in [2.24, 2.45) is 10.8 Å². The van der Waals surface area contributed by atoms with E-state index in [-0.39, 0.29) is 46.7 Å². The van der Waals surface area contributed by atoms with Gasteiger partial charge in [0.05, 0.1) is 0 Å². The Morgan fingerprint density at radius 3 is 1.26 bits per heavy atom. The molecular formula is C22H47Cl2N7. The number of rotatable bonds is 8. The smallest absolute Gasteiger partial charge is 0.231 e. The molecular weight excluding hydrogens is 433 g/mol. The lowest BCUT2D eigenvalue weighted by Crippen LogP contribution is -2.46. The Bertz CT molecular complexity index is 631. The van der Waals surface area contributed by atoms with Crippen LogP contribution in [0.5, 0.6) is 0 Å². The van der Waals surface area contributed by atoms with E-state index in [0.717, 1.165) is 13.1 Å². The summed E-state index contributed by atoms with van der Waals surface area (Å²) in [6.07, 6.45) is 0. The van der Waals surface area contributed by atoms with Crippen LogP contribution < -0.4 is 15.5 Å². The molecule has 0 unspecified atom stereocenters.